The number of hydrogen-bond donors (Lipinski definition) is 1. The Morgan fingerprint density at radius 3 is 2.44 bits per heavy atom. The van der Waals surface area contributed by atoms with Crippen LogP contribution in [-0.4, -0.2) is 31.7 Å². The Morgan fingerprint density at radius 1 is 1.11 bits per heavy atom. The molecule has 6 nitrogen and oxygen atoms in total. The van der Waals surface area contributed by atoms with E-state index in [1.165, 1.54) is 19.2 Å². The van der Waals surface area contributed by atoms with Gasteiger partial charge in [0.25, 0.3) is 5.91 Å². The van der Waals surface area contributed by atoms with Crippen LogP contribution < -0.4 is 14.8 Å². The normalized spacial score (nSPS) is 11.4. The molecule has 27 heavy (non-hydrogen) atoms. The lowest BCUT2D eigenvalue weighted by Crippen LogP contribution is -2.32. The van der Waals surface area contributed by atoms with E-state index in [2.05, 4.69) is 5.32 Å². The van der Waals surface area contributed by atoms with Gasteiger partial charge in [-0.2, -0.15) is 0 Å². The van der Waals surface area contributed by atoms with Gasteiger partial charge in [0.1, 0.15) is 0 Å². The van der Waals surface area contributed by atoms with Crippen molar-refractivity contribution >= 4 is 29.2 Å². The SMILES string of the molecule is CCOC(=O)c1cc(NC(=O)[C@@H](CC)Oc2ccccc2OC)ccc1Cl. The van der Waals surface area contributed by atoms with Gasteiger partial charge in [-0.3, -0.25) is 4.79 Å². The monoisotopic (exact) mass is 391 g/mol. The molecular formula is C20H22ClNO5. The van der Waals surface area contributed by atoms with Crippen molar-refractivity contribution in [1.29, 1.82) is 0 Å². The van der Waals surface area contributed by atoms with Crippen LogP contribution in [0.3, 0.4) is 0 Å². The molecular weight excluding hydrogens is 370 g/mol. The number of ether oxygens (including phenoxy) is 3. The predicted octanol–water partition coefficient (Wildman–Crippen LogP) is 4.32. The number of halogens is 1. The van der Waals surface area contributed by atoms with Crippen molar-refractivity contribution in [3.05, 3.63) is 53.1 Å². The molecule has 1 atom stereocenters. The summed E-state index contributed by atoms with van der Waals surface area (Å²) < 4.78 is 16.0. The number of amides is 1. The lowest BCUT2D eigenvalue weighted by molar-refractivity contribution is -0.122. The molecule has 0 unspecified atom stereocenters. The van der Waals surface area contributed by atoms with Gasteiger partial charge in [-0.1, -0.05) is 30.7 Å². The number of hydrogen-bond acceptors (Lipinski definition) is 5. The second-order valence-corrected chi connectivity index (χ2v) is 5.98. The number of rotatable bonds is 8. The average Bonchev–Trinajstić information content (AvgIpc) is 2.67. The average molecular weight is 392 g/mol. The van der Waals surface area contributed by atoms with Crippen LogP contribution in [0.1, 0.15) is 30.6 Å². The molecule has 0 fully saturated rings. The Kier molecular flexibility index (Phi) is 7.49. The molecule has 0 heterocycles. The van der Waals surface area contributed by atoms with Crippen molar-refractivity contribution in [2.24, 2.45) is 0 Å². The molecule has 2 rings (SSSR count). The van der Waals surface area contributed by atoms with Gasteiger partial charge in [0.15, 0.2) is 17.6 Å². The van der Waals surface area contributed by atoms with Gasteiger partial charge < -0.3 is 19.5 Å². The number of methoxy groups -OCH3 is 1. The lowest BCUT2D eigenvalue weighted by atomic mass is 10.2. The number of nitrogens with one attached hydrogen (secondary N) is 1. The summed E-state index contributed by atoms with van der Waals surface area (Å²) in [5.41, 5.74) is 0.615. The smallest absolute Gasteiger partial charge is 0.339 e. The highest BCUT2D eigenvalue weighted by Crippen LogP contribution is 2.28. The molecule has 7 heteroatoms. The third-order valence-electron chi connectivity index (χ3n) is 3.73. The van der Waals surface area contributed by atoms with Gasteiger partial charge in [-0.25, -0.2) is 4.79 Å². The summed E-state index contributed by atoms with van der Waals surface area (Å²) in [6, 6.07) is 11.7. The standard InChI is InChI=1S/C20H22ClNO5/c1-4-16(27-18-9-7-6-8-17(18)25-3)19(23)22-13-10-11-15(21)14(12-13)20(24)26-5-2/h6-12,16H,4-5H2,1-3H3,(H,22,23)/t16-/m1/s1. The number of anilines is 1. The highest BCUT2D eigenvalue weighted by Gasteiger charge is 2.21. The number of carbonyl (C=O) groups excluding carboxylic acids is 2. The van der Waals surface area contributed by atoms with Gasteiger partial charge in [0.05, 0.1) is 24.3 Å². The topological polar surface area (TPSA) is 73.9 Å². The summed E-state index contributed by atoms with van der Waals surface area (Å²) in [5, 5.41) is 3.00. The fourth-order valence-corrected chi connectivity index (χ4v) is 2.58. The summed E-state index contributed by atoms with van der Waals surface area (Å²) in [6.45, 7) is 3.78. The quantitative estimate of drug-likeness (QED) is 0.678. The zero-order chi connectivity index (χ0) is 19.8. The summed E-state index contributed by atoms with van der Waals surface area (Å²) >= 11 is 6.04. The van der Waals surface area contributed by atoms with Crippen LogP contribution in [0.15, 0.2) is 42.5 Å². The van der Waals surface area contributed by atoms with Crippen molar-refractivity contribution in [2.45, 2.75) is 26.4 Å². The fourth-order valence-electron chi connectivity index (χ4n) is 2.38. The minimum atomic E-state index is -0.733. The first kappa shape index (κ1) is 20.6. The molecule has 0 saturated carbocycles. The van der Waals surface area contributed by atoms with Crippen molar-refractivity contribution in [3.63, 3.8) is 0 Å². The summed E-state index contributed by atoms with van der Waals surface area (Å²) in [6.07, 6.45) is -0.287. The molecule has 1 amide bonds. The second kappa shape index (κ2) is 9.83. The zero-order valence-corrected chi connectivity index (χ0v) is 16.2. The molecule has 0 radical (unpaired) electrons. The molecule has 2 aromatic carbocycles. The molecule has 1 N–H and O–H groups in total. The number of para-hydroxylation sites is 2. The van der Waals surface area contributed by atoms with Crippen molar-refractivity contribution in [3.8, 4) is 11.5 Å². The van der Waals surface area contributed by atoms with E-state index >= 15 is 0 Å². The van der Waals surface area contributed by atoms with Crippen molar-refractivity contribution in [2.75, 3.05) is 19.0 Å². The Hall–Kier alpha value is -2.73. The summed E-state index contributed by atoms with van der Waals surface area (Å²) in [5.74, 6) is 0.126. The molecule has 0 aromatic heterocycles. The molecule has 0 aliphatic rings. The largest absolute Gasteiger partial charge is 0.493 e. The highest BCUT2D eigenvalue weighted by atomic mass is 35.5. The Balaban J connectivity index is 2.14. The maximum Gasteiger partial charge on any atom is 0.339 e. The maximum atomic E-state index is 12.6. The van der Waals surface area contributed by atoms with Crippen LogP contribution in [0.5, 0.6) is 11.5 Å². The summed E-state index contributed by atoms with van der Waals surface area (Å²) in [7, 11) is 1.54. The molecule has 0 bridgehead atoms. The van der Waals surface area contributed by atoms with E-state index in [1.807, 2.05) is 13.0 Å². The van der Waals surface area contributed by atoms with Crippen molar-refractivity contribution < 1.29 is 23.8 Å². The Morgan fingerprint density at radius 2 is 1.81 bits per heavy atom. The van der Waals surface area contributed by atoms with Crippen LogP contribution in [-0.2, 0) is 9.53 Å². The Bertz CT molecular complexity index is 809. The van der Waals surface area contributed by atoms with Crippen LogP contribution in [0, 0.1) is 0 Å². The van der Waals surface area contributed by atoms with Gasteiger partial charge >= 0.3 is 5.97 Å². The van der Waals surface area contributed by atoms with Crippen LogP contribution in [0.4, 0.5) is 5.69 Å². The second-order valence-electron chi connectivity index (χ2n) is 5.57. The van der Waals surface area contributed by atoms with E-state index in [1.54, 1.807) is 31.2 Å². The molecule has 0 aliphatic heterocycles. The number of carbonyl (C=O) groups is 2. The molecule has 144 valence electrons. The maximum absolute atomic E-state index is 12.6. The van der Waals surface area contributed by atoms with Crippen molar-refractivity contribution in [1.82, 2.24) is 0 Å². The van der Waals surface area contributed by atoms with Gasteiger partial charge in [0, 0.05) is 5.69 Å². The van der Waals surface area contributed by atoms with E-state index < -0.39 is 12.1 Å². The Labute approximate surface area is 163 Å². The fraction of sp³-hybridized carbons (Fsp3) is 0.300. The molecule has 2 aromatic rings. The third kappa shape index (κ3) is 5.37. The molecule has 0 saturated heterocycles. The minimum Gasteiger partial charge on any atom is -0.493 e. The van der Waals surface area contributed by atoms with Crippen LogP contribution in [0.2, 0.25) is 5.02 Å². The zero-order valence-electron chi connectivity index (χ0n) is 15.5. The lowest BCUT2D eigenvalue weighted by Gasteiger charge is -2.19. The third-order valence-corrected chi connectivity index (χ3v) is 4.06. The van der Waals surface area contributed by atoms with E-state index in [-0.39, 0.29) is 23.1 Å². The first-order chi connectivity index (χ1) is 13.0. The first-order valence-electron chi connectivity index (χ1n) is 8.57. The van der Waals surface area contributed by atoms with E-state index in [4.69, 9.17) is 25.8 Å². The molecule has 0 spiro atoms. The first-order valence-corrected chi connectivity index (χ1v) is 8.95. The van der Waals surface area contributed by atoms with E-state index in [9.17, 15) is 9.59 Å². The predicted molar refractivity (Wildman–Crippen MR) is 104 cm³/mol. The van der Waals surface area contributed by atoms with Crippen LogP contribution in [0.25, 0.3) is 0 Å². The molecule has 0 aliphatic carbocycles. The number of benzene rings is 2. The van der Waals surface area contributed by atoms with E-state index in [0.29, 0.717) is 23.6 Å². The van der Waals surface area contributed by atoms with Gasteiger partial charge in [-0.05, 0) is 43.7 Å². The highest BCUT2D eigenvalue weighted by molar-refractivity contribution is 6.33. The summed E-state index contributed by atoms with van der Waals surface area (Å²) in [4.78, 5) is 24.6. The van der Waals surface area contributed by atoms with E-state index in [0.717, 1.165) is 0 Å². The van der Waals surface area contributed by atoms with Gasteiger partial charge in [-0.15, -0.1) is 0 Å². The minimum absolute atomic E-state index is 0.190. The number of esters is 1. The van der Waals surface area contributed by atoms with Crippen LogP contribution >= 0.6 is 11.6 Å². The van der Waals surface area contributed by atoms with Gasteiger partial charge in [0.2, 0.25) is 0 Å².